The minimum Gasteiger partial charge on any atom is -0.352 e. The third-order valence-corrected chi connectivity index (χ3v) is 3.89. The molecule has 120 valence electrons. The van der Waals surface area contributed by atoms with E-state index in [9.17, 15) is 0 Å². The molecule has 0 bridgehead atoms. The van der Waals surface area contributed by atoms with Crippen LogP contribution in [0.3, 0.4) is 0 Å². The zero-order chi connectivity index (χ0) is 15.2. The SMILES string of the molecule is CN=C(NCc1cccc(C#N)c1)N1CC(C)CC(C)C1.I. The fourth-order valence-corrected chi connectivity index (χ4v) is 3.10. The van der Waals surface area contributed by atoms with E-state index in [1.807, 2.05) is 31.3 Å². The number of nitrogens with one attached hydrogen (secondary N) is 1. The predicted octanol–water partition coefficient (Wildman–Crippen LogP) is 3.23. The molecule has 0 spiro atoms. The maximum Gasteiger partial charge on any atom is 0.193 e. The Hall–Kier alpha value is -1.29. The van der Waals surface area contributed by atoms with Crippen LogP contribution in [0.1, 0.15) is 31.4 Å². The molecule has 1 heterocycles. The summed E-state index contributed by atoms with van der Waals surface area (Å²) in [6.07, 6.45) is 1.29. The summed E-state index contributed by atoms with van der Waals surface area (Å²) in [5, 5.41) is 12.4. The second-order valence-electron chi connectivity index (χ2n) is 6.06. The summed E-state index contributed by atoms with van der Waals surface area (Å²) >= 11 is 0. The number of hydrogen-bond donors (Lipinski definition) is 1. The van der Waals surface area contributed by atoms with Crippen LogP contribution in [0.5, 0.6) is 0 Å². The second kappa shape index (κ2) is 8.99. The smallest absolute Gasteiger partial charge is 0.193 e. The highest BCUT2D eigenvalue weighted by Gasteiger charge is 2.23. The van der Waals surface area contributed by atoms with Gasteiger partial charge in [-0.25, -0.2) is 0 Å². The van der Waals surface area contributed by atoms with Crippen LogP contribution in [-0.2, 0) is 6.54 Å². The Balaban J connectivity index is 0.00000242. The Morgan fingerprint density at radius 2 is 2.05 bits per heavy atom. The first-order valence-corrected chi connectivity index (χ1v) is 7.57. The van der Waals surface area contributed by atoms with Crippen molar-refractivity contribution >= 4 is 29.9 Å². The van der Waals surface area contributed by atoms with E-state index in [0.29, 0.717) is 23.9 Å². The van der Waals surface area contributed by atoms with Gasteiger partial charge in [0.15, 0.2) is 5.96 Å². The topological polar surface area (TPSA) is 51.4 Å². The first kappa shape index (κ1) is 18.8. The predicted molar refractivity (Wildman–Crippen MR) is 101 cm³/mol. The highest BCUT2D eigenvalue weighted by atomic mass is 127. The Morgan fingerprint density at radius 3 is 2.64 bits per heavy atom. The lowest BCUT2D eigenvalue weighted by Crippen LogP contribution is -2.48. The second-order valence-corrected chi connectivity index (χ2v) is 6.06. The average molecular weight is 412 g/mol. The maximum absolute atomic E-state index is 8.95. The van der Waals surface area contributed by atoms with Gasteiger partial charge in [0.1, 0.15) is 0 Å². The van der Waals surface area contributed by atoms with Crippen molar-refractivity contribution in [3.63, 3.8) is 0 Å². The van der Waals surface area contributed by atoms with Gasteiger partial charge in [0.25, 0.3) is 0 Å². The number of halogens is 1. The fraction of sp³-hybridized carbons (Fsp3) is 0.529. The summed E-state index contributed by atoms with van der Waals surface area (Å²) in [6.45, 7) is 7.41. The molecule has 5 heteroatoms. The summed E-state index contributed by atoms with van der Waals surface area (Å²) in [6, 6.07) is 9.87. The summed E-state index contributed by atoms with van der Waals surface area (Å²) in [5.74, 6) is 2.36. The molecule has 22 heavy (non-hydrogen) atoms. The number of aliphatic imine (C=N–C) groups is 1. The van der Waals surface area contributed by atoms with Gasteiger partial charge in [0, 0.05) is 26.7 Å². The molecule has 2 unspecified atom stereocenters. The van der Waals surface area contributed by atoms with E-state index in [1.165, 1.54) is 6.42 Å². The molecule has 4 nitrogen and oxygen atoms in total. The van der Waals surface area contributed by atoms with Crippen molar-refractivity contribution in [1.29, 1.82) is 5.26 Å². The zero-order valence-electron chi connectivity index (χ0n) is 13.5. The van der Waals surface area contributed by atoms with Crippen LogP contribution in [-0.4, -0.2) is 31.0 Å². The third-order valence-electron chi connectivity index (χ3n) is 3.89. The van der Waals surface area contributed by atoms with E-state index in [-0.39, 0.29) is 24.0 Å². The highest BCUT2D eigenvalue weighted by molar-refractivity contribution is 14.0. The van der Waals surface area contributed by atoms with Gasteiger partial charge >= 0.3 is 0 Å². The van der Waals surface area contributed by atoms with Crippen molar-refractivity contribution < 1.29 is 0 Å². The maximum atomic E-state index is 8.95. The molecule has 2 rings (SSSR count). The van der Waals surface area contributed by atoms with Gasteiger partial charge in [0.2, 0.25) is 0 Å². The van der Waals surface area contributed by atoms with E-state index in [0.717, 1.165) is 24.6 Å². The van der Waals surface area contributed by atoms with Gasteiger partial charge in [-0.3, -0.25) is 4.99 Å². The summed E-state index contributed by atoms with van der Waals surface area (Å²) < 4.78 is 0. The molecule has 1 aromatic carbocycles. The molecule has 1 fully saturated rings. The molecule has 1 N–H and O–H groups in total. The first-order valence-electron chi connectivity index (χ1n) is 7.57. The number of guanidine groups is 1. The quantitative estimate of drug-likeness (QED) is 0.461. The first-order chi connectivity index (χ1) is 10.1. The van der Waals surface area contributed by atoms with E-state index < -0.39 is 0 Å². The van der Waals surface area contributed by atoms with Crippen LogP contribution in [0, 0.1) is 23.2 Å². The van der Waals surface area contributed by atoms with Crippen LogP contribution >= 0.6 is 24.0 Å². The Morgan fingerprint density at radius 1 is 1.36 bits per heavy atom. The number of nitrogens with zero attached hydrogens (tertiary/aromatic N) is 3. The lowest BCUT2D eigenvalue weighted by Gasteiger charge is -2.37. The average Bonchev–Trinajstić information content (AvgIpc) is 2.47. The van der Waals surface area contributed by atoms with E-state index >= 15 is 0 Å². The zero-order valence-corrected chi connectivity index (χ0v) is 15.9. The molecule has 0 aliphatic carbocycles. The third kappa shape index (κ3) is 5.16. The minimum absolute atomic E-state index is 0. The number of piperidine rings is 1. The monoisotopic (exact) mass is 412 g/mol. The number of rotatable bonds is 2. The van der Waals surface area contributed by atoms with Crippen molar-refractivity contribution in [2.75, 3.05) is 20.1 Å². The van der Waals surface area contributed by atoms with Crippen LogP contribution in [0.4, 0.5) is 0 Å². The number of nitriles is 1. The minimum atomic E-state index is 0. The van der Waals surface area contributed by atoms with Crippen molar-refractivity contribution in [3.8, 4) is 6.07 Å². The molecular formula is C17H25IN4. The van der Waals surface area contributed by atoms with Crippen molar-refractivity contribution in [3.05, 3.63) is 35.4 Å². The van der Waals surface area contributed by atoms with Gasteiger partial charge in [-0.1, -0.05) is 26.0 Å². The summed E-state index contributed by atoms with van der Waals surface area (Å²) in [5.41, 5.74) is 1.80. The normalized spacial score (nSPS) is 21.7. The summed E-state index contributed by atoms with van der Waals surface area (Å²) in [7, 11) is 1.83. The van der Waals surface area contributed by atoms with E-state index in [1.54, 1.807) is 0 Å². The molecule has 1 aromatic rings. The Labute approximate surface area is 150 Å². The van der Waals surface area contributed by atoms with Gasteiger partial charge in [-0.15, -0.1) is 24.0 Å². The Bertz CT molecular complexity index is 540. The van der Waals surface area contributed by atoms with Crippen molar-refractivity contribution in [2.24, 2.45) is 16.8 Å². The molecule has 2 atom stereocenters. The van der Waals surface area contributed by atoms with Gasteiger partial charge in [-0.2, -0.15) is 5.26 Å². The largest absolute Gasteiger partial charge is 0.352 e. The molecule has 0 saturated carbocycles. The number of hydrogen-bond acceptors (Lipinski definition) is 2. The lowest BCUT2D eigenvalue weighted by atomic mass is 9.92. The highest BCUT2D eigenvalue weighted by Crippen LogP contribution is 2.20. The molecule has 1 saturated heterocycles. The van der Waals surface area contributed by atoms with Crippen LogP contribution in [0.2, 0.25) is 0 Å². The Kier molecular flexibility index (Phi) is 7.66. The standard InChI is InChI=1S/C17H24N4.HI/c1-13-7-14(2)12-21(11-13)17(19-3)20-10-16-6-4-5-15(8-16)9-18;/h4-6,8,13-14H,7,10-12H2,1-3H3,(H,19,20);1H. The van der Waals surface area contributed by atoms with Crippen LogP contribution < -0.4 is 5.32 Å². The molecule has 1 aliphatic heterocycles. The van der Waals surface area contributed by atoms with Crippen LogP contribution in [0.25, 0.3) is 0 Å². The van der Waals surface area contributed by atoms with Crippen LogP contribution in [0.15, 0.2) is 29.3 Å². The van der Waals surface area contributed by atoms with E-state index in [2.05, 4.69) is 35.1 Å². The fourth-order valence-electron chi connectivity index (χ4n) is 3.10. The molecule has 0 aromatic heterocycles. The molecule has 0 amide bonds. The van der Waals surface area contributed by atoms with Gasteiger partial charge < -0.3 is 10.2 Å². The molecular weight excluding hydrogens is 387 g/mol. The van der Waals surface area contributed by atoms with Crippen molar-refractivity contribution in [1.82, 2.24) is 10.2 Å². The van der Waals surface area contributed by atoms with Crippen molar-refractivity contribution in [2.45, 2.75) is 26.8 Å². The van der Waals surface area contributed by atoms with Gasteiger partial charge in [-0.05, 0) is 36.0 Å². The summed E-state index contributed by atoms with van der Waals surface area (Å²) in [4.78, 5) is 6.74. The molecule has 0 radical (unpaired) electrons. The lowest BCUT2D eigenvalue weighted by molar-refractivity contribution is 0.208. The number of likely N-dealkylation sites (tertiary alicyclic amines) is 1. The van der Waals surface area contributed by atoms with E-state index in [4.69, 9.17) is 5.26 Å². The van der Waals surface area contributed by atoms with Gasteiger partial charge in [0.05, 0.1) is 11.6 Å². The molecule has 1 aliphatic rings. The number of benzene rings is 1.